The maximum absolute atomic E-state index is 13.6. The van der Waals surface area contributed by atoms with Gasteiger partial charge in [0.2, 0.25) is 5.91 Å². The molecule has 37 heavy (non-hydrogen) atoms. The Hall–Kier alpha value is -2.61. The molecule has 1 aromatic heterocycles. The van der Waals surface area contributed by atoms with Crippen molar-refractivity contribution >= 4 is 44.9 Å². The van der Waals surface area contributed by atoms with Crippen molar-refractivity contribution in [2.75, 3.05) is 26.2 Å². The van der Waals surface area contributed by atoms with Gasteiger partial charge in [-0.15, -0.1) is 0 Å². The number of likely N-dealkylation sites (tertiary alicyclic amines) is 1. The number of sulfone groups is 1. The molecular formula is C22H20Cl2F3N3O6S. The second kappa shape index (κ2) is 9.93. The van der Waals surface area contributed by atoms with Gasteiger partial charge in [-0.2, -0.15) is 13.2 Å². The summed E-state index contributed by atoms with van der Waals surface area (Å²) in [5, 5.41) is 11.4. The van der Waals surface area contributed by atoms with Crippen LogP contribution >= 0.6 is 23.2 Å². The van der Waals surface area contributed by atoms with E-state index >= 15 is 0 Å². The standard InChI is InChI=1S/C22H20Cl2F3N3O6S/c23-12-1-4-18(29-7-12)21(9-28-10-21)20(33)30-8-14(6-16(30)19(31)32)37(34,35)17-3-2-13(5-15(17)24)36-11-22(25,26)27/h1-5,7,14,16,28H,6,8-11H2,(H,31,32). The van der Waals surface area contributed by atoms with Crippen molar-refractivity contribution in [1.82, 2.24) is 15.2 Å². The number of ether oxygens (including phenoxy) is 1. The summed E-state index contributed by atoms with van der Waals surface area (Å²) in [5.74, 6) is -2.25. The number of rotatable bonds is 7. The van der Waals surface area contributed by atoms with E-state index in [9.17, 15) is 36.3 Å². The molecule has 1 amide bonds. The molecule has 0 saturated carbocycles. The van der Waals surface area contributed by atoms with Gasteiger partial charge in [0.1, 0.15) is 17.2 Å². The summed E-state index contributed by atoms with van der Waals surface area (Å²) >= 11 is 12.0. The predicted molar refractivity (Wildman–Crippen MR) is 126 cm³/mol. The average Bonchev–Trinajstić information content (AvgIpc) is 3.24. The van der Waals surface area contributed by atoms with E-state index in [0.717, 1.165) is 23.1 Å². The first-order chi connectivity index (χ1) is 17.2. The Kier molecular flexibility index (Phi) is 7.36. The first-order valence-electron chi connectivity index (χ1n) is 10.8. The van der Waals surface area contributed by atoms with Crippen molar-refractivity contribution in [1.29, 1.82) is 0 Å². The molecule has 0 bridgehead atoms. The Labute approximate surface area is 219 Å². The lowest BCUT2D eigenvalue weighted by atomic mass is 9.76. The lowest BCUT2D eigenvalue weighted by Gasteiger charge is -2.43. The van der Waals surface area contributed by atoms with Gasteiger partial charge < -0.3 is 20.1 Å². The van der Waals surface area contributed by atoms with E-state index in [4.69, 9.17) is 23.2 Å². The third kappa shape index (κ3) is 5.35. The van der Waals surface area contributed by atoms with Crippen molar-refractivity contribution in [2.24, 2.45) is 0 Å². The molecule has 0 spiro atoms. The number of carboxylic acid groups (broad SMARTS) is 1. The molecule has 2 unspecified atom stereocenters. The van der Waals surface area contributed by atoms with E-state index < -0.39 is 69.1 Å². The number of carboxylic acids is 1. The molecule has 2 saturated heterocycles. The fourth-order valence-electron chi connectivity index (χ4n) is 4.38. The minimum Gasteiger partial charge on any atom is -0.484 e. The fraction of sp³-hybridized carbons (Fsp3) is 0.409. The molecule has 2 aliphatic heterocycles. The van der Waals surface area contributed by atoms with Gasteiger partial charge >= 0.3 is 12.1 Å². The van der Waals surface area contributed by atoms with E-state index in [-0.39, 0.29) is 23.9 Å². The number of carbonyl (C=O) groups excluding carboxylic acids is 1. The number of alkyl halides is 3. The van der Waals surface area contributed by atoms with Crippen molar-refractivity contribution < 1.29 is 41.0 Å². The smallest absolute Gasteiger partial charge is 0.422 e. The van der Waals surface area contributed by atoms with Gasteiger partial charge in [0.15, 0.2) is 16.4 Å². The first-order valence-corrected chi connectivity index (χ1v) is 13.1. The van der Waals surface area contributed by atoms with Crippen LogP contribution in [0.5, 0.6) is 5.75 Å². The summed E-state index contributed by atoms with van der Waals surface area (Å²) in [5.41, 5.74) is -0.819. The summed E-state index contributed by atoms with van der Waals surface area (Å²) in [6.45, 7) is -1.66. The number of amides is 1. The SMILES string of the molecule is O=C(O)C1CC(S(=O)(=O)c2ccc(OCC(F)(F)F)cc2Cl)CN1C(=O)C1(c2ccc(Cl)cn2)CNC1. The highest BCUT2D eigenvalue weighted by atomic mass is 35.5. The number of aromatic nitrogens is 1. The average molecular weight is 582 g/mol. The van der Waals surface area contributed by atoms with Crippen LogP contribution in [0.1, 0.15) is 12.1 Å². The maximum atomic E-state index is 13.6. The highest BCUT2D eigenvalue weighted by Crippen LogP contribution is 2.37. The van der Waals surface area contributed by atoms with Crippen LogP contribution in [0.15, 0.2) is 41.4 Å². The molecule has 9 nitrogen and oxygen atoms in total. The molecular weight excluding hydrogens is 562 g/mol. The summed E-state index contributed by atoms with van der Waals surface area (Å²) in [4.78, 5) is 30.5. The van der Waals surface area contributed by atoms with E-state index in [1.54, 1.807) is 12.1 Å². The van der Waals surface area contributed by atoms with Crippen LogP contribution in [-0.4, -0.2) is 79.0 Å². The first kappa shape index (κ1) is 27.4. The number of carbonyl (C=O) groups is 2. The zero-order valence-electron chi connectivity index (χ0n) is 18.8. The number of benzene rings is 1. The molecule has 4 rings (SSSR count). The number of aliphatic carboxylic acids is 1. The minimum atomic E-state index is -4.60. The molecule has 2 aliphatic rings. The van der Waals surface area contributed by atoms with Gasteiger partial charge in [0.25, 0.3) is 0 Å². The van der Waals surface area contributed by atoms with Crippen molar-refractivity contribution in [3.63, 3.8) is 0 Å². The third-order valence-corrected chi connectivity index (χ3v) is 9.18. The Bertz CT molecular complexity index is 1320. The predicted octanol–water partition coefficient (Wildman–Crippen LogP) is 2.70. The molecule has 2 fully saturated rings. The van der Waals surface area contributed by atoms with Crippen LogP contribution in [-0.2, 0) is 24.8 Å². The molecule has 2 N–H and O–H groups in total. The normalized spacial score (nSPS) is 21.4. The Morgan fingerprint density at radius 2 is 1.92 bits per heavy atom. The van der Waals surface area contributed by atoms with Crippen LogP contribution < -0.4 is 10.1 Å². The lowest BCUT2D eigenvalue weighted by Crippen LogP contribution is -2.66. The van der Waals surface area contributed by atoms with Crippen LogP contribution in [0.25, 0.3) is 0 Å². The second-order valence-corrected chi connectivity index (χ2v) is 11.8. The van der Waals surface area contributed by atoms with E-state index in [2.05, 4.69) is 15.0 Å². The topological polar surface area (TPSA) is 126 Å². The van der Waals surface area contributed by atoms with E-state index in [1.807, 2.05) is 0 Å². The summed E-state index contributed by atoms with van der Waals surface area (Å²) in [6.07, 6.45) is -3.64. The van der Waals surface area contributed by atoms with Crippen LogP contribution in [0.3, 0.4) is 0 Å². The lowest BCUT2D eigenvalue weighted by molar-refractivity contribution is -0.153. The van der Waals surface area contributed by atoms with Crippen molar-refractivity contribution in [3.8, 4) is 5.75 Å². The molecule has 2 atom stereocenters. The van der Waals surface area contributed by atoms with Crippen LogP contribution in [0.2, 0.25) is 10.0 Å². The molecule has 15 heteroatoms. The number of nitrogens with one attached hydrogen (secondary N) is 1. The third-order valence-electron chi connectivity index (χ3n) is 6.34. The van der Waals surface area contributed by atoms with E-state index in [1.165, 1.54) is 6.20 Å². The minimum absolute atomic E-state index is 0.173. The summed E-state index contributed by atoms with van der Waals surface area (Å²) in [6, 6.07) is 4.65. The quantitative estimate of drug-likeness (QED) is 0.511. The molecule has 1 aromatic carbocycles. The highest BCUT2D eigenvalue weighted by Gasteiger charge is 2.55. The molecule has 2 aromatic rings. The summed E-state index contributed by atoms with van der Waals surface area (Å²) < 4.78 is 68.6. The zero-order valence-corrected chi connectivity index (χ0v) is 21.2. The van der Waals surface area contributed by atoms with Gasteiger partial charge in [-0.3, -0.25) is 9.78 Å². The monoisotopic (exact) mass is 581 g/mol. The number of halogens is 5. The van der Waals surface area contributed by atoms with E-state index in [0.29, 0.717) is 10.7 Å². The van der Waals surface area contributed by atoms with Crippen LogP contribution in [0, 0.1) is 0 Å². The number of nitrogens with zero attached hydrogens (tertiary/aromatic N) is 2. The number of pyridine rings is 1. The second-order valence-electron chi connectivity index (χ2n) is 8.76. The van der Waals surface area contributed by atoms with Gasteiger partial charge in [-0.1, -0.05) is 23.2 Å². The van der Waals surface area contributed by atoms with Gasteiger partial charge in [-0.05, 0) is 30.7 Å². The zero-order chi connectivity index (χ0) is 27.2. The fourth-order valence-corrected chi connectivity index (χ4v) is 6.72. The molecule has 3 heterocycles. The summed E-state index contributed by atoms with van der Waals surface area (Å²) in [7, 11) is -4.28. The van der Waals surface area contributed by atoms with Gasteiger partial charge in [0, 0.05) is 31.9 Å². The molecule has 200 valence electrons. The Morgan fingerprint density at radius 3 is 2.43 bits per heavy atom. The largest absolute Gasteiger partial charge is 0.484 e. The van der Waals surface area contributed by atoms with Crippen molar-refractivity contribution in [3.05, 3.63) is 52.3 Å². The van der Waals surface area contributed by atoms with Crippen molar-refractivity contribution in [2.45, 2.75) is 34.2 Å². The Morgan fingerprint density at radius 1 is 1.22 bits per heavy atom. The molecule has 0 radical (unpaired) electrons. The maximum Gasteiger partial charge on any atom is 0.422 e. The Balaban J connectivity index is 1.60. The molecule has 0 aliphatic carbocycles. The van der Waals surface area contributed by atoms with Gasteiger partial charge in [-0.25, -0.2) is 13.2 Å². The van der Waals surface area contributed by atoms with Gasteiger partial charge in [0.05, 0.1) is 25.9 Å². The van der Waals surface area contributed by atoms with Crippen LogP contribution in [0.4, 0.5) is 13.2 Å². The highest BCUT2D eigenvalue weighted by molar-refractivity contribution is 7.92. The number of hydrogen-bond acceptors (Lipinski definition) is 7. The number of hydrogen-bond donors (Lipinski definition) is 2.